The Bertz CT molecular complexity index is 1150. The highest BCUT2D eigenvalue weighted by Crippen LogP contribution is 2.44. The number of nitrogens with zero attached hydrogens (tertiary/aromatic N) is 1. The molecule has 1 heterocycles. The van der Waals surface area contributed by atoms with Gasteiger partial charge in [0.25, 0.3) is 0 Å². The summed E-state index contributed by atoms with van der Waals surface area (Å²) in [7, 11) is 0. The van der Waals surface area contributed by atoms with Crippen LogP contribution in [0.15, 0.2) is 61.1 Å². The summed E-state index contributed by atoms with van der Waals surface area (Å²) >= 11 is 0. The lowest BCUT2D eigenvalue weighted by Gasteiger charge is -2.22. The number of imidazole rings is 1. The summed E-state index contributed by atoms with van der Waals surface area (Å²) in [6.07, 6.45) is 2.71. The van der Waals surface area contributed by atoms with E-state index < -0.39 is 30.1 Å². The number of aliphatic carboxylic acids is 1. The van der Waals surface area contributed by atoms with Crippen LogP contribution in [0.3, 0.4) is 0 Å². The van der Waals surface area contributed by atoms with Crippen molar-refractivity contribution in [3.8, 4) is 11.1 Å². The number of nitrogens with one attached hydrogen (secondary N) is 3. The van der Waals surface area contributed by atoms with E-state index in [1.54, 1.807) is 13.1 Å². The number of hydrogen-bond acceptors (Lipinski definition) is 5. The number of benzene rings is 2. The van der Waals surface area contributed by atoms with Crippen molar-refractivity contribution >= 4 is 18.0 Å². The van der Waals surface area contributed by atoms with E-state index in [-0.39, 0.29) is 25.4 Å². The van der Waals surface area contributed by atoms with Crippen molar-refractivity contribution in [3.05, 3.63) is 77.9 Å². The minimum absolute atomic E-state index is 0.104. The van der Waals surface area contributed by atoms with Crippen LogP contribution in [-0.2, 0) is 20.7 Å². The van der Waals surface area contributed by atoms with Crippen molar-refractivity contribution in [2.45, 2.75) is 44.2 Å². The van der Waals surface area contributed by atoms with Gasteiger partial charge in [0.1, 0.15) is 12.6 Å². The van der Waals surface area contributed by atoms with E-state index in [1.165, 1.54) is 6.33 Å². The molecule has 35 heavy (non-hydrogen) atoms. The molecule has 3 aromatic rings. The van der Waals surface area contributed by atoms with E-state index in [9.17, 15) is 14.4 Å². The van der Waals surface area contributed by atoms with E-state index >= 15 is 0 Å². The van der Waals surface area contributed by atoms with Crippen molar-refractivity contribution in [2.75, 3.05) is 6.61 Å². The van der Waals surface area contributed by atoms with Crippen LogP contribution < -0.4 is 10.6 Å². The van der Waals surface area contributed by atoms with E-state index in [0.717, 1.165) is 22.3 Å². The molecule has 182 valence electrons. The maximum Gasteiger partial charge on any atom is 0.407 e. The van der Waals surface area contributed by atoms with Gasteiger partial charge in [0.05, 0.1) is 12.7 Å². The first kappa shape index (κ1) is 24.0. The molecule has 4 N–H and O–H groups in total. The number of aromatic nitrogens is 2. The summed E-state index contributed by atoms with van der Waals surface area (Å²) in [6.45, 7) is 1.91. The second kappa shape index (κ2) is 10.9. The van der Waals surface area contributed by atoms with Gasteiger partial charge in [-0.25, -0.2) is 9.78 Å². The lowest BCUT2D eigenvalue weighted by Crippen LogP contribution is -2.51. The van der Waals surface area contributed by atoms with Gasteiger partial charge in [-0.3, -0.25) is 9.59 Å². The minimum atomic E-state index is -1.01. The Hall–Kier alpha value is -4.14. The SMILES string of the molecule is CC[C@H](CC(=O)O)NC(=O)[C@H](Cc1cnc[nH]1)NC(=O)OCC1c2ccccc2-c2ccccc21. The van der Waals surface area contributed by atoms with Crippen molar-refractivity contribution in [2.24, 2.45) is 0 Å². The predicted molar refractivity (Wildman–Crippen MR) is 129 cm³/mol. The monoisotopic (exact) mass is 476 g/mol. The molecule has 0 radical (unpaired) electrons. The summed E-state index contributed by atoms with van der Waals surface area (Å²) in [4.78, 5) is 43.7. The van der Waals surface area contributed by atoms with Gasteiger partial charge in [-0.05, 0) is 28.7 Å². The molecule has 0 unspecified atom stereocenters. The maximum absolute atomic E-state index is 12.9. The summed E-state index contributed by atoms with van der Waals surface area (Å²) in [6, 6.07) is 14.6. The molecule has 0 spiro atoms. The van der Waals surface area contributed by atoms with Gasteiger partial charge in [-0.1, -0.05) is 55.5 Å². The third-order valence-corrected chi connectivity index (χ3v) is 6.19. The Morgan fingerprint density at radius 3 is 2.29 bits per heavy atom. The zero-order valence-electron chi connectivity index (χ0n) is 19.4. The largest absolute Gasteiger partial charge is 0.481 e. The smallest absolute Gasteiger partial charge is 0.407 e. The summed E-state index contributed by atoms with van der Waals surface area (Å²) < 4.78 is 5.59. The van der Waals surface area contributed by atoms with Crippen LogP contribution in [0.4, 0.5) is 4.79 Å². The number of hydrogen-bond donors (Lipinski definition) is 4. The minimum Gasteiger partial charge on any atom is -0.481 e. The summed E-state index contributed by atoms with van der Waals surface area (Å²) in [5.41, 5.74) is 5.08. The fourth-order valence-corrected chi connectivity index (χ4v) is 4.42. The van der Waals surface area contributed by atoms with E-state index in [2.05, 4.69) is 32.7 Å². The van der Waals surface area contributed by atoms with Gasteiger partial charge in [0.15, 0.2) is 0 Å². The van der Waals surface area contributed by atoms with Crippen LogP contribution in [0.25, 0.3) is 11.1 Å². The third-order valence-electron chi connectivity index (χ3n) is 6.19. The summed E-state index contributed by atoms with van der Waals surface area (Å²) in [5, 5.41) is 14.4. The number of alkyl carbamates (subject to hydrolysis) is 1. The number of ether oxygens (including phenoxy) is 1. The number of carbonyl (C=O) groups excluding carboxylic acids is 2. The van der Waals surface area contributed by atoms with Gasteiger partial charge in [0.2, 0.25) is 5.91 Å². The number of carboxylic acids is 1. The van der Waals surface area contributed by atoms with E-state index in [0.29, 0.717) is 12.1 Å². The quantitative estimate of drug-likeness (QED) is 0.355. The molecule has 0 saturated heterocycles. The first-order chi connectivity index (χ1) is 17.0. The fraction of sp³-hybridized carbons (Fsp3) is 0.308. The highest BCUT2D eigenvalue weighted by molar-refractivity contribution is 5.86. The Morgan fingerprint density at radius 1 is 1.06 bits per heavy atom. The molecule has 4 rings (SSSR count). The number of fused-ring (bicyclic) bond motifs is 3. The molecule has 9 heteroatoms. The zero-order chi connectivity index (χ0) is 24.8. The van der Waals surface area contributed by atoms with Crippen molar-refractivity contribution in [1.82, 2.24) is 20.6 Å². The molecule has 2 amide bonds. The highest BCUT2D eigenvalue weighted by Gasteiger charge is 2.30. The maximum atomic E-state index is 12.9. The number of amides is 2. The number of rotatable bonds is 10. The Kier molecular flexibility index (Phi) is 7.45. The fourth-order valence-electron chi connectivity index (χ4n) is 4.42. The van der Waals surface area contributed by atoms with Crippen LogP contribution in [0, 0.1) is 0 Å². The summed E-state index contributed by atoms with van der Waals surface area (Å²) in [5.74, 6) is -1.60. The molecule has 0 saturated carbocycles. The zero-order valence-corrected chi connectivity index (χ0v) is 19.4. The number of carboxylic acid groups (broad SMARTS) is 1. The Morgan fingerprint density at radius 2 is 1.71 bits per heavy atom. The second-order valence-corrected chi connectivity index (χ2v) is 8.52. The molecule has 1 aliphatic carbocycles. The molecule has 1 aliphatic rings. The molecular formula is C26H28N4O5. The average Bonchev–Trinajstić information content (AvgIpc) is 3.47. The average molecular weight is 477 g/mol. The first-order valence-corrected chi connectivity index (χ1v) is 11.6. The van der Waals surface area contributed by atoms with Gasteiger partial charge < -0.3 is 25.5 Å². The topological polar surface area (TPSA) is 133 Å². The van der Waals surface area contributed by atoms with Gasteiger partial charge in [-0.15, -0.1) is 0 Å². The van der Waals surface area contributed by atoms with Gasteiger partial charge in [-0.2, -0.15) is 0 Å². The van der Waals surface area contributed by atoms with E-state index in [1.807, 2.05) is 36.4 Å². The molecule has 0 aliphatic heterocycles. The van der Waals surface area contributed by atoms with Crippen LogP contribution in [0.2, 0.25) is 0 Å². The van der Waals surface area contributed by atoms with Crippen molar-refractivity contribution in [1.29, 1.82) is 0 Å². The standard InChI is InChI=1S/C26H28N4O5/c1-2-16(12-24(31)32)29-25(33)23(11-17-13-27-15-28-17)30-26(34)35-14-22-20-9-5-3-7-18(20)19-8-4-6-10-21(19)22/h3-10,13,15-16,22-23H,2,11-12,14H2,1H3,(H,27,28)(H,29,33)(H,30,34)(H,31,32)/t16-,23+/m1/s1. The molecule has 2 aromatic carbocycles. The van der Waals surface area contributed by atoms with Crippen LogP contribution in [0.1, 0.15) is 42.5 Å². The molecule has 9 nitrogen and oxygen atoms in total. The molecule has 0 bridgehead atoms. The van der Waals surface area contributed by atoms with Crippen LogP contribution in [0.5, 0.6) is 0 Å². The van der Waals surface area contributed by atoms with Gasteiger partial charge >= 0.3 is 12.1 Å². The number of carbonyl (C=O) groups is 3. The Balaban J connectivity index is 1.43. The lowest BCUT2D eigenvalue weighted by molar-refractivity contribution is -0.137. The third kappa shape index (κ3) is 5.68. The van der Waals surface area contributed by atoms with E-state index in [4.69, 9.17) is 9.84 Å². The van der Waals surface area contributed by atoms with Crippen molar-refractivity contribution in [3.63, 3.8) is 0 Å². The second-order valence-electron chi connectivity index (χ2n) is 8.52. The first-order valence-electron chi connectivity index (χ1n) is 11.6. The van der Waals surface area contributed by atoms with Crippen molar-refractivity contribution < 1.29 is 24.2 Å². The number of H-pyrrole nitrogens is 1. The molecule has 0 fully saturated rings. The normalized spacial score (nSPS) is 13.9. The highest BCUT2D eigenvalue weighted by atomic mass is 16.5. The Labute approximate surface area is 202 Å². The van der Waals surface area contributed by atoms with Crippen LogP contribution >= 0.6 is 0 Å². The molecule has 1 aromatic heterocycles. The molecular weight excluding hydrogens is 448 g/mol. The van der Waals surface area contributed by atoms with Crippen LogP contribution in [-0.4, -0.2) is 51.7 Å². The van der Waals surface area contributed by atoms with Gasteiger partial charge in [0, 0.05) is 30.3 Å². The predicted octanol–water partition coefficient (Wildman–Crippen LogP) is 3.23. The lowest BCUT2D eigenvalue weighted by atomic mass is 9.98. The molecule has 2 atom stereocenters. The number of aromatic amines is 1.